The average Bonchev–Trinajstić information content (AvgIpc) is 3.12. The van der Waals surface area contributed by atoms with Crippen LogP contribution >= 0.6 is 0 Å². The Balaban J connectivity index is 1.17. The first kappa shape index (κ1) is 21.0. The van der Waals surface area contributed by atoms with Crippen LogP contribution in [0.4, 0.5) is 0 Å². The Hall–Kier alpha value is -3.22. The highest BCUT2D eigenvalue weighted by Gasteiger charge is 2.32. The first-order valence-electron chi connectivity index (χ1n) is 10.9. The summed E-state index contributed by atoms with van der Waals surface area (Å²) in [4.78, 5) is 42.9. The molecule has 2 aliphatic rings. The molecule has 1 saturated heterocycles. The van der Waals surface area contributed by atoms with Crippen molar-refractivity contribution in [2.24, 2.45) is 5.92 Å². The Morgan fingerprint density at radius 1 is 1.13 bits per heavy atom. The van der Waals surface area contributed by atoms with Gasteiger partial charge < -0.3 is 15.5 Å². The molecule has 7 nitrogen and oxygen atoms in total. The molecule has 0 bridgehead atoms. The van der Waals surface area contributed by atoms with E-state index in [4.69, 9.17) is 0 Å². The molecule has 0 saturated carbocycles. The quantitative estimate of drug-likeness (QED) is 0.720. The molecule has 31 heavy (non-hydrogen) atoms. The van der Waals surface area contributed by atoms with Crippen molar-refractivity contribution in [3.8, 4) is 0 Å². The average molecular weight is 421 g/mol. The van der Waals surface area contributed by atoms with Crippen LogP contribution in [0.2, 0.25) is 0 Å². The Kier molecular flexibility index (Phi) is 6.60. The van der Waals surface area contributed by atoms with E-state index in [9.17, 15) is 14.4 Å². The van der Waals surface area contributed by atoms with Crippen LogP contribution in [0.3, 0.4) is 0 Å². The number of piperidine rings is 1. The number of likely N-dealkylation sites (tertiary alicyclic amines) is 1. The Morgan fingerprint density at radius 3 is 2.71 bits per heavy atom. The molecule has 2 N–H and O–H groups in total. The largest absolute Gasteiger partial charge is 0.352 e. The van der Waals surface area contributed by atoms with E-state index in [1.807, 2.05) is 35.2 Å². The molecule has 4 rings (SSSR count). The van der Waals surface area contributed by atoms with Crippen molar-refractivity contribution in [3.05, 3.63) is 65.5 Å². The molecule has 0 spiro atoms. The first-order valence-corrected chi connectivity index (χ1v) is 10.9. The van der Waals surface area contributed by atoms with Gasteiger partial charge in [0.2, 0.25) is 11.8 Å². The van der Waals surface area contributed by atoms with E-state index in [-0.39, 0.29) is 23.8 Å². The summed E-state index contributed by atoms with van der Waals surface area (Å²) in [6, 6.07) is 11.0. The molecular formula is C24H28N4O3. The van der Waals surface area contributed by atoms with Crippen LogP contribution < -0.4 is 10.6 Å². The fourth-order valence-electron chi connectivity index (χ4n) is 4.38. The highest BCUT2D eigenvalue weighted by Crippen LogP contribution is 2.29. The van der Waals surface area contributed by atoms with Gasteiger partial charge in [0.05, 0.1) is 12.5 Å². The lowest BCUT2D eigenvalue weighted by atomic mass is 9.91. The molecule has 2 aromatic rings. The van der Waals surface area contributed by atoms with Crippen LogP contribution in [-0.2, 0) is 16.1 Å². The third kappa shape index (κ3) is 5.29. The number of pyridine rings is 1. The molecule has 0 aliphatic carbocycles. The molecule has 1 fully saturated rings. The highest BCUT2D eigenvalue weighted by molar-refractivity contribution is 5.99. The summed E-state index contributed by atoms with van der Waals surface area (Å²) in [5.41, 5.74) is 2.57. The van der Waals surface area contributed by atoms with Crippen LogP contribution in [0.1, 0.15) is 59.6 Å². The van der Waals surface area contributed by atoms with E-state index < -0.39 is 0 Å². The van der Waals surface area contributed by atoms with Crippen molar-refractivity contribution in [1.29, 1.82) is 0 Å². The number of amides is 3. The molecule has 3 amide bonds. The maximum absolute atomic E-state index is 12.8. The number of carbonyl (C=O) groups is 3. The van der Waals surface area contributed by atoms with Gasteiger partial charge in [0.15, 0.2) is 0 Å². The lowest BCUT2D eigenvalue weighted by molar-refractivity contribution is -0.133. The molecule has 7 heteroatoms. The third-order valence-electron chi connectivity index (χ3n) is 6.22. The summed E-state index contributed by atoms with van der Waals surface area (Å²) in [6.07, 6.45) is 6.93. The smallest absolute Gasteiger partial charge is 0.252 e. The normalized spacial score (nSPS) is 18.4. The predicted molar refractivity (Wildman–Crippen MR) is 116 cm³/mol. The van der Waals surface area contributed by atoms with Gasteiger partial charge in [0, 0.05) is 44.0 Å². The standard InChI is InChI=1S/C24H28N4O3/c29-22(26-16-18-4-3-11-25-15-18)8-7-17-9-12-28(13-10-17)23(30)14-21-19-5-1-2-6-20(19)24(31)27-21/h1-6,11,15,17,21H,7-10,12-14,16H2,(H,26,29)(H,27,31)/t21-/m0/s1. The van der Waals surface area contributed by atoms with E-state index in [2.05, 4.69) is 15.6 Å². The fourth-order valence-corrected chi connectivity index (χ4v) is 4.38. The minimum Gasteiger partial charge on any atom is -0.352 e. The molecule has 2 aliphatic heterocycles. The molecule has 3 heterocycles. The second kappa shape index (κ2) is 9.73. The van der Waals surface area contributed by atoms with Gasteiger partial charge in [-0.3, -0.25) is 19.4 Å². The van der Waals surface area contributed by atoms with Crippen molar-refractivity contribution in [2.75, 3.05) is 13.1 Å². The fraction of sp³-hybridized carbons (Fsp3) is 0.417. The Bertz CT molecular complexity index is 939. The zero-order valence-electron chi connectivity index (χ0n) is 17.5. The number of rotatable bonds is 7. The predicted octanol–water partition coefficient (Wildman–Crippen LogP) is 2.59. The van der Waals surface area contributed by atoms with Crippen LogP contribution in [0.5, 0.6) is 0 Å². The Morgan fingerprint density at radius 2 is 1.94 bits per heavy atom. The zero-order valence-corrected chi connectivity index (χ0v) is 17.5. The van der Waals surface area contributed by atoms with E-state index in [1.165, 1.54) is 0 Å². The summed E-state index contributed by atoms with van der Waals surface area (Å²) < 4.78 is 0. The van der Waals surface area contributed by atoms with E-state index in [1.54, 1.807) is 18.5 Å². The first-order chi connectivity index (χ1) is 15.1. The van der Waals surface area contributed by atoms with Gasteiger partial charge in [-0.15, -0.1) is 0 Å². The number of benzene rings is 1. The van der Waals surface area contributed by atoms with Gasteiger partial charge in [-0.05, 0) is 48.4 Å². The zero-order chi connectivity index (χ0) is 21.6. The van der Waals surface area contributed by atoms with Crippen LogP contribution in [0, 0.1) is 5.92 Å². The monoisotopic (exact) mass is 420 g/mol. The van der Waals surface area contributed by atoms with Gasteiger partial charge in [-0.2, -0.15) is 0 Å². The number of fused-ring (bicyclic) bond motifs is 1. The lowest BCUT2D eigenvalue weighted by Gasteiger charge is -2.32. The van der Waals surface area contributed by atoms with Crippen LogP contribution in [0.25, 0.3) is 0 Å². The summed E-state index contributed by atoms with van der Waals surface area (Å²) in [6.45, 7) is 1.92. The second-order valence-corrected chi connectivity index (χ2v) is 8.32. The van der Waals surface area contributed by atoms with Gasteiger partial charge in [0.1, 0.15) is 0 Å². The summed E-state index contributed by atoms with van der Waals surface area (Å²) in [5, 5.41) is 5.86. The summed E-state index contributed by atoms with van der Waals surface area (Å²) in [7, 11) is 0. The van der Waals surface area contributed by atoms with Crippen molar-refractivity contribution >= 4 is 17.7 Å². The molecule has 1 aromatic carbocycles. The highest BCUT2D eigenvalue weighted by atomic mass is 16.2. The minimum absolute atomic E-state index is 0.0537. The van der Waals surface area contributed by atoms with Crippen molar-refractivity contribution in [3.63, 3.8) is 0 Å². The molecule has 1 aromatic heterocycles. The number of nitrogens with zero attached hydrogens (tertiary/aromatic N) is 2. The van der Waals surface area contributed by atoms with Crippen molar-refractivity contribution in [2.45, 2.75) is 44.7 Å². The lowest BCUT2D eigenvalue weighted by Crippen LogP contribution is -2.40. The van der Waals surface area contributed by atoms with Gasteiger partial charge in [0.25, 0.3) is 5.91 Å². The van der Waals surface area contributed by atoms with E-state index in [0.29, 0.717) is 44.0 Å². The number of hydrogen-bond acceptors (Lipinski definition) is 4. The maximum Gasteiger partial charge on any atom is 0.252 e. The van der Waals surface area contributed by atoms with Crippen LogP contribution in [-0.4, -0.2) is 40.7 Å². The molecular weight excluding hydrogens is 392 g/mol. The van der Waals surface area contributed by atoms with Crippen LogP contribution in [0.15, 0.2) is 48.8 Å². The Labute approximate surface area is 182 Å². The van der Waals surface area contributed by atoms with E-state index >= 15 is 0 Å². The van der Waals surface area contributed by atoms with Crippen molar-refractivity contribution in [1.82, 2.24) is 20.5 Å². The number of carbonyl (C=O) groups excluding carboxylic acids is 3. The summed E-state index contributed by atoms with van der Waals surface area (Å²) in [5.74, 6) is 0.488. The van der Waals surface area contributed by atoms with E-state index in [0.717, 1.165) is 30.4 Å². The molecule has 0 unspecified atom stereocenters. The van der Waals surface area contributed by atoms with Gasteiger partial charge in [-0.25, -0.2) is 0 Å². The molecule has 162 valence electrons. The minimum atomic E-state index is -0.238. The maximum atomic E-state index is 12.8. The number of nitrogens with one attached hydrogen (secondary N) is 2. The molecule has 0 radical (unpaired) electrons. The third-order valence-corrected chi connectivity index (χ3v) is 6.22. The van der Waals surface area contributed by atoms with Gasteiger partial charge >= 0.3 is 0 Å². The van der Waals surface area contributed by atoms with Gasteiger partial charge in [-0.1, -0.05) is 24.3 Å². The number of hydrogen-bond donors (Lipinski definition) is 2. The molecule has 1 atom stereocenters. The SMILES string of the molecule is O=C(CCC1CCN(C(=O)C[C@@H]2NC(=O)c3ccccc32)CC1)NCc1cccnc1. The summed E-state index contributed by atoms with van der Waals surface area (Å²) >= 11 is 0. The van der Waals surface area contributed by atoms with Crippen molar-refractivity contribution < 1.29 is 14.4 Å². The topological polar surface area (TPSA) is 91.4 Å². The number of aromatic nitrogens is 1. The second-order valence-electron chi connectivity index (χ2n) is 8.32.